The van der Waals surface area contributed by atoms with E-state index in [9.17, 15) is 18.0 Å². The Morgan fingerprint density at radius 1 is 1.11 bits per heavy atom. The summed E-state index contributed by atoms with van der Waals surface area (Å²) in [7, 11) is 0.904. The smallest absolute Gasteiger partial charge is 0.242 e. The Morgan fingerprint density at radius 3 is 2.40 bits per heavy atom. The zero-order valence-corrected chi connectivity index (χ0v) is 22.1. The van der Waals surface area contributed by atoms with Crippen LogP contribution in [0.1, 0.15) is 25.3 Å². The maximum atomic E-state index is 13.2. The molecule has 2 aromatic rings. The van der Waals surface area contributed by atoms with Gasteiger partial charge in [0.25, 0.3) is 0 Å². The lowest BCUT2D eigenvalue weighted by molar-refractivity contribution is -0.140. The fourth-order valence-electron chi connectivity index (χ4n) is 3.57. The van der Waals surface area contributed by atoms with Gasteiger partial charge < -0.3 is 19.7 Å². The molecule has 0 saturated heterocycles. The molecular formula is C24H32ClN3O6S. The summed E-state index contributed by atoms with van der Waals surface area (Å²) >= 11 is 6.17. The van der Waals surface area contributed by atoms with Crippen LogP contribution in [-0.4, -0.2) is 65.2 Å². The van der Waals surface area contributed by atoms with Gasteiger partial charge in [-0.15, -0.1) is 0 Å². The van der Waals surface area contributed by atoms with Gasteiger partial charge in [0.2, 0.25) is 21.8 Å². The van der Waals surface area contributed by atoms with Gasteiger partial charge in [0, 0.05) is 26.6 Å². The largest absolute Gasteiger partial charge is 0.497 e. The highest BCUT2D eigenvalue weighted by atomic mass is 35.5. The lowest BCUT2D eigenvalue weighted by Gasteiger charge is -2.29. The number of hydrogen-bond donors (Lipinski definition) is 1. The summed E-state index contributed by atoms with van der Waals surface area (Å²) in [4.78, 5) is 27.0. The second-order valence-electron chi connectivity index (χ2n) is 7.92. The predicted molar refractivity (Wildman–Crippen MR) is 137 cm³/mol. The normalized spacial score (nSPS) is 11.9. The highest BCUT2D eigenvalue weighted by molar-refractivity contribution is 7.92. The predicted octanol–water partition coefficient (Wildman–Crippen LogP) is 3.07. The summed E-state index contributed by atoms with van der Waals surface area (Å²) in [5.41, 5.74) is 1.18. The molecule has 9 nitrogen and oxygen atoms in total. The zero-order valence-electron chi connectivity index (χ0n) is 20.6. The summed E-state index contributed by atoms with van der Waals surface area (Å²) < 4.78 is 36.4. The van der Waals surface area contributed by atoms with E-state index in [2.05, 4.69) is 5.32 Å². The van der Waals surface area contributed by atoms with Crippen LogP contribution in [0.2, 0.25) is 5.02 Å². The number of likely N-dealkylation sites (N-methyl/N-ethyl adjacent to an activating group) is 1. The first kappa shape index (κ1) is 28.3. The SMILES string of the molecule is CNC(=O)[C@H](C)N(Cc1cccc(OC)c1)C(=O)CCCN(c1ccc(OC)c(Cl)c1)S(C)(=O)=O. The number of anilines is 1. The van der Waals surface area contributed by atoms with Crippen molar-refractivity contribution < 1.29 is 27.5 Å². The number of carbonyl (C=O) groups is 2. The third-order valence-electron chi connectivity index (χ3n) is 5.48. The molecule has 0 aromatic heterocycles. The van der Waals surface area contributed by atoms with Crippen LogP contribution in [0.4, 0.5) is 5.69 Å². The van der Waals surface area contributed by atoms with Gasteiger partial charge in [-0.05, 0) is 49.2 Å². The second kappa shape index (κ2) is 12.6. The van der Waals surface area contributed by atoms with Gasteiger partial charge in [-0.3, -0.25) is 13.9 Å². The minimum atomic E-state index is -3.63. The Bertz CT molecular complexity index is 1140. The number of nitrogens with one attached hydrogen (secondary N) is 1. The Balaban J connectivity index is 2.18. The van der Waals surface area contributed by atoms with Crippen molar-refractivity contribution in [3.8, 4) is 11.5 Å². The highest BCUT2D eigenvalue weighted by Gasteiger charge is 2.26. The molecule has 2 rings (SSSR count). The molecule has 2 aromatic carbocycles. The van der Waals surface area contributed by atoms with Crippen molar-refractivity contribution in [2.75, 3.05) is 38.4 Å². The molecule has 0 radical (unpaired) electrons. The first-order valence-corrected chi connectivity index (χ1v) is 13.2. The molecule has 0 saturated carbocycles. The van der Waals surface area contributed by atoms with Crippen molar-refractivity contribution in [2.45, 2.75) is 32.4 Å². The summed E-state index contributed by atoms with van der Waals surface area (Å²) in [6.07, 6.45) is 1.38. The number of amides is 2. The van der Waals surface area contributed by atoms with Gasteiger partial charge in [-0.1, -0.05) is 23.7 Å². The van der Waals surface area contributed by atoms with E-state index in [0.29, 0.717) is 17.2 Å². The van der Waals surface area contributed by atoms with Crippen LogP contribution in [0.25, 0.3) is 0 Å². The van der Waals surface area contributed by atoms with Crippen molar-refractivity contribution in [3.63, 3.8) is 0 Å². The van der Waals surface area contributed by atoms with Crippen LogP contribution in [0, 0.1) is 0 Å². The van der Waals surface area contributed by atoms with E-state index in [4.69, 9.17) is 21.1 Å². The molecule has 0 spiro atoms. The number of carbonyl (C=O) groups excluding carboxylic acids is 2. The quantitative estimate of drug-likeness (QED) is 0.456. The molecule has 192 valence electrons. The number of nitrogens with zero attached hydrogens (tertiary/aromatic N) is 2. The summed E-state index contributed by atoms with van der Waals surface area (Å²) in [6.45, 7) is 1.92. The van der Waals surface area contributed by atoms with Crippen molar-refractivity contribution in [1.29, 1.82) is 0 Å². The Hall–Kier alpha value is -2.98. The number of halogens is 1. The molecule has 0 bridgehead atoms. The fraction of sp³-hybridized carbons (Fsp3) is 0.417. The first-order valence-electron chi connectivity index (χ1n) is 11.0. The third-order valence-corrected chi connectivity index (χ3v) is 6.97. The summed E-state index contributed by atoms with van der Waals surface area (Å²) in [6, 6.07) is 11.2. The molecule has 0 heterocycles. The Labute approximate surface area is 212 Å². The van der Waals surface area contributed by atoms with Crippen LogP contribution in [0.15, 0.2) is 42.5 Å². The Morgan fingerprint density at radius 2 is 1.83 bits per heavy atom. The fourth-order valence-corrected chi connectivity index (χ4v) is 4.78. The average Bonchev–Trinajstić information content (AvgIpc) is 2.83. The number of ether oxygens (including phenoxy) is 2. The van der Waals surface area contributed by atoms with Crippen LogP contribution in [-0.2, 0) is 26.2 Å². The average molecular weight is 526 g/mol. The molecular weight excluding hydrogens is 494 g/mol. The minimum absolute atomic E-state index is 0.0429. The molecule has 0 unspecified atom stereocenters. The lowest BCUT2D eigenvalue weighted by atomic mass is 10.1. The molecule has 35 heavy (non-hydrogen) atoms. The van der Waals surface area contributed by atoms with E-state index >= 15 is 0 Å². The van der Waals surface area contributed by atoms with E-state index < -0.39 is 16.1 Å². The number of rotatable bonds is 12. The summed E-state index contributed by atoms with van der Waals surface area (Å²) in [5.74, 6) is 0.497. The van der Waals surface area contributed by atoms with Gasteiger partial charge in [0.1, 0.15) is 17.5 Å². The lowest BCUT2D eigenvalue weighted by Crippen LogP contribution is -2.46. The van der Waals surface area contributed by atoms with Gasteiger partial charge >= 0.3 is 0 Å². The molecule has 1 N–H and O–H groups in total. The van der Waals surface area contributed by atoms with Crippen molar-refractivity contribution in [1.82, 2.24) is 10.2 Å². The number of methoxy groups -OCH3 is 2. The van der Waals surface area contributed by atoms with Crippen molar-refractivity contribution in [3.05, 3.63) is 53.1 Å². The Kier molecular flexibility index (Phi) is 10.2. The number of hydrogen-bond acceptors (Lipinski definition) is 6. The summed E-state index contributed by atoms with van der Waals surface area (Å²) in [5, 5.41) is 2.85. The monoisotopic (exact) mass is 525 g/mol. The van der Waals surface area contributed by atoms with Gasteiger partial charge in [-0.2, -0.15) is 0 Å². The number of benzene rings is 2. The third kappa shape index (κ3) is 7.76. The first-order chi connectivity index (χ1) is 16.5. The van der Waals surface area contributed by atoms with E-state index in [-0.39, 0.29) is 42.8 Å². The van der Waals surface area contributed by atoms with E-state index in [1.165, 1.54) is 29.4 Å². The number of sulfonamides is 1. The topological polar surface area (TPSA) is 105 Å². The van der Waals surface area contributed by atoms with E-state index in [1.54, 1.807) is 38.3 Å². The van der Waals surface area contributed by atoms with Crippen molar-refractivity contribution in [2.24, 2.45) is 0 Å². The molecule has 11 heteroatoms. The molecule has 1 atom stereocenters. The molecule has 0 aliphatic heterocycles. The standard InChI is InChI=1S/C24H32ClN3O6S/c1-17(24(30)26-2)27(16-18-8-6-9-20(14-18)33-3)23(29)10-7-13-28(35(5,31)32)19-11-12-22(34-4)21(25)15-19/h6,8-9,11-12,14-15,17H,7,10,13,16H2,1-5H3,(H,26,30)/t17-/m0/s1. The highest BCUT2D eigenvalue weighted by Crippen LogP contribution is 2.30. The second-order valence-corrected chi connectivity index (χ2v) is 10.2. The zero-order chi connectivity index (χ0) is 26.2. The van der Waals surface area contributed by atoms with Gasteiger partial charge in [-0.25, -0.2) is 8.42 Å². The van der Waals surface area contributed by atoms with E-state index in [1.807, 2.05) is 12.1 Å². The maximum Gasteiger partial charge on any atom is 0.242 e. The minimum Gasteiger partial charge on any atom is -0.497 e. The van der Waals surface area contributed by atoms with Crippen LogP contribution in [0.3, 0.4) is 0 Å². The van der Waals surface area contributed by atoms with Gasteiger partial charge in [0.05, 0.1) is 31.2 Å². The van der Waals surface area contributed by atoms with Crippen LogP contribution < -0.4 is 19.1 Å². The van der Waals surface area contributed by atoms with Crippen molar-refractivity contribution >= 4 is 39.1 Å². The van der Waals surface area contributed by atoms with Crippen LogP contribution in [0.5, 0.6) is 11.5 Å². The van der Waals surface area contributed by atoms with Gasteiger partial charge in [0.15, 0.2) is 0 Å². The molecule has 0 fully saturated rings. The van der Waals surface area contributed by atoms with Crippen LogP contribution >= 0.6 is 11.6 Å². The molecule has 2 amide bonds. The molecule has 0 aliphatic rings. The molecule has 0 aliphatic carbocycles. The maximum absolute atomic E-state index is 13.2. The van der Waals surface area contributed by atoms with E-state index in [0.717, 1.165) is 11.8 Å².